The molecule has 0 aliphatic carbocycles. The Labute approximate surface area is 147 Å². The highest BCUT2D eigenvalue weighted by Gasteiger charge is 2.37. The number of piperidine rings is 1. The van der Waals surface area contributed by atoms with Gasteiger partial charge in [0.05, 0.1) is 17.4 Å². The minimum Gasteiger partial charge on any atom is -0.487 e. The van der Waals surface area contributed by atoms with Crippen molar-refractivity contribution in [1.82, 2.24) is 14.9 Å². The van der Waals surface area contributed by atoms with Gasteiger partial charge in [0.25, 0.3) is 0 Å². The number of ether oxygens (including phenoxy) is 1. The lowest BCUT2D eigenvalue weighted by Crippen LogP contribution is -2.48. The second-order valence-electron chi connectivity index (χ2n) is 7.42. The van der Waals surface area contributed by atoms with Crippen molar-refractivity contribution in [3.63, 3.8) is 0 Å². The van der Waals surface area contributed by atoms with E-state index in [0.717, 1.165) is 50.0 Å². The van der Waals surface area contributed by atoms with Crippen molar-refractivity contribution in [1.29, 1.82) is 0 Å². The third kappa shape index (κ3) is 2.52. The molecular weight excluding hydrogens is 310 g/mol. The topological polar surface area (TPSA) is 39.1 Å². The Hall–Kier alpha value is -2.33. The van der Waals surface area contributed by atoms with Crippen LogP contribution in [0.1, 0.15) is 24.8 Å². The Morgan fingerprint density at radius 3 is 2.72 bits per heavy atom. The van der Waals surface area contributed by atoms with Crippen LogP contribution in [0.15, 0.2) is 42.7 Å². The second-order valence-corrected chi connectivity index (χ2v) is 7.42. The van der Waals surface area contributed by atoms with E-state index in [1.165, 1.54) is 22.2 Å². The monoisotopic (exact) mass is 333 g/mol. The number of imidazole rings is 1. The van der Waals surface area contributed by atoms with E-state index in [9.17, 15) is 0 Å². The average Bonchev–Trinajstić information content (AvgIpc) is 3.02. The zero-order valence-corrected chi connectivity index (χ0v) is 14.6. The fraction of sp³-hybridized carbons (Fsp3) is 0.381. The van der Waals surface area contributed by atoms with Crippen LogP contribution in [0.2, 0.25) is 0 Å². The molecule has 0 bridgehead atoms. The molecule has 4 nitrogen and oxygen atoms in total. The van der Waals surface area contributed by atoms with Crippen LogP contribution < -0.4 is 10.1 Å². The minimum atomic E-state index is 0.0629. The Balaban J connectivity index is 1.49. The summed E-state index contributed by atoms with van der Waals surface area (Å²) in [5.74, 6) is 1.08. The van der Waals surface area contributed by atoms with Gasteiger partial charge < -0.3 is 14.6 Å². The van der Waals surface area contributed by atoms with E-state index in [1.54, 1.807) is 0 Å². The largest absolute Gasteiger partial charge is 0.487 e. The molecule has 0 atom stereocenters. The molecule has 2 aliphatic rings. The summed E-state index contributed by atoms with van der Waals surface area (Å²) in [4.78, 5) is 4.41. The molecule has 0 saturated carbocycles. The number of benzene rings is 2. The van der Waals surface area contributed by atoms with Gasteiger partial charge >= 0.3 is 0 Å². The lowest BCUT2D eigenvalue weighted by Gasteiger charge is -2.41. The van der Waals surface area contributed by atoms with Crippen LogP contribution in [-0.4, -0.2) is 28.2 Å². The van der Waals surface area contributed by atoms with Crippen LogP contribution in [0.4, 0.5) is 0 Å². The zero-order valence-electron chi connectivity index (χ0n) is 14.6. The standard InChI is InChI=1S/C21H23N3O/c1-24-14-23-18-4-2-16(13-19(18)24)15-3-5-20-17(12-15)6-7-21(25-20)8-10-22-11-9-21/h2-5,12-14,22H,6-11H2,1H3. The number of nitrogens with zero attached hydrogens (tertiary/aromatic N) is 2. The van der Waals surface area contributed by atoms with Gasteiger partial charge in [-0.2, -0.15) is 0 Å². The fourth-order valence-electron chi connectivity index (χ4n) is 4.24. The van der Waals surface area contributed by atoms with Crippen molar-refractivity contribution in [3.05, 3.63) is 48.3 Å². The lowest BCUT2D eigenvalue weighted by atomic mass is 9.83. The molecule has 3 aromatic rings. The summed E-state index contributed by atoms with van der Waals surface area (Å²) >= 11 is 0. The van der Waals surface area contributed by atoms with Gasteiger partial charge in [0, 0.05) is 7.05 Å². The maximum atomic E-state index is 6.47. The highest BCUT2D eigenvalue weighted by molar-refractivity contribution is 5.82. The Bertz CT molecular complexity index is 937. The lowest BCUT2D eigenvalue weighted by molar-refractivity contribution is 0.0170. The molecule has 1 fully saturated rings. The van der Waals surface area contributed by atoms with Gasteiger partial charge in [-0.1, -0.05) is 12.1 Å². The molecule has 25 heavy (non-hydrogen) atoms. The predicted octanol–water partition coefficient (Wildman–Crippen LogP) is 3.69. The Kier molecular flexibility index (Phi) is 3.35. The summed E-state index contributed by atoms with van der Waals surface area (Å²) in [6, 6.07) is 13.2. The van der Waals surface area contributed by atoms with E-state index in [1.807, 2.05) is 13.4 Å². The van der Waals surface area contributed by atoms with Crippen LogP contribution >= 0.6 is 0 Å². The number of aromatic nitrogens is 2. The van der Waals surface area contributed by atoms with E-state index < -0.39 is 0 Å². The Morgan fingerprint density at radius 1 is 1.04 bits per heavy atom. The minimum absolute atomic E-state index is 0.0629. The van der Waals surface area contributed by atoms with E-state index >= 15 is 0 Å². The molecule has 0 unspecified atom stereocenters. The predicted molar refractivity (Wildman–Crippen MR) is 99.9 cm³/mol. The summed E-state index contributed by atoms with van der Waals surface area (Å²) in [7, 11) is 2.04. The van der Waals surface area contributed by atoms with Crippen molar-refractivity contribution >= 4 is 11.0 Å². The number of nitrogens with one attached hydrogen (secondary N) is 1. The van der Waals surface area contributed by atoms with Gasteiger partial charge in [0.15, 0.2) is 0 Å². The molecule has 0 amide bonds. The zero-order chi connectivity index (χ0) is 16.9. The third-order valence-corrected chi connectivity index (χ3v) is 5.81. The molecule has 2 aromatic carbocycles. The number of fused-ring (bicyclic) bond motifs is 2. The van der Waals surface area contributed by atoms with Gasteiger partial charge in [-0.25, -0.2) is 4.98 Å². The molecule has 5 rings (SSSR count). The number of aryl methyl sites for hydroxylation is 2. The van der Waals surface area contributed by atoms with Crippen LogP contribution in [0.3, 0.4) is 0 Å². The van der Waals surface area contributed by atoms with Crippen molar-refractivity contribution in [2.24, 2.45) is 7.05 Å². The molecule has 4 heteroatoms. The van der Waals surface area contributed by atoms with Gasteiger partial charge in [-0.3, -0.25) is 0 Å². The molecular formula is C21H23N3O. The first-order valence-corrected chi connectivity index (χ1v) is 9.17. The maximum Gasteiger partial charge on any atom is 0.123 e. The number of hydrogen-bond donors (Lipinski definition) is 1. The first kappa shape index (κ1) is 15.0. The van der Waals surface area contributed by atoms with Crippen LogP contribution in [0.25, 0.3) is 22.2 Å². The second kappa shape index (κ2) is 5.60. The quantitative estimate of drug-likeness (QED) is 0.738. The summed E-state index contributed by atoms with van der Waals surface area (Å²) in [6.45, 7) is 2.14. The van der Waals surface area contributed by atoms with Crippen LogP contribution in [-0.2, 0) is 13.5 Å². The summed E-state index contributed by atoms with van der Waals surface area (Å²) in [6.07, 6.45) is 6.34. The highest BCUT2D eigenvalue weighted by Crippen LogP contribution is 2.40. The van der Waals surface area contributed by atoms with Crippen molar-refractivity contribution in [2.45, 2.75) is 31.3 Å². The summed E-state index contributed by atoms with van der Waals surface area (Å²) in [5, 5.41) is 3.44. The Morgan fingerprint density at radius 2 is 1.84 bits per heavy atom. The summed E-state index contributed by atoms with van der Waals surface area (Å²) in [5.41, 5.74) is 6.10. The normalized spacial score (nSPS) is 18.9. The smallest absolute Gasteiger partial charge is 0.123 e. The molecule has 1 saturated heterocycles. The molecule has 1 spiro atoms. The van der Waals surface area contributed by atoms with E-state index in [-0.39, 0.29) is 5.60 Å². The highest BCUT2D eigenvalue weighted by atomic mass is 16.5. The summed E-state index contributed by atoms with van der Waals surface area (Å²) < 4.78 is 8.54. The molecule has 2 aliphatic heterocycles. The SMILES string of the molecule is Cn1cnc2ccc(-c3ccc4c(c3)CCC3(CCNCC3)O4)cc21. The molecule has 1 aromatic heterocycles. The van der Waals surface area contributed by atoms with Gasteiger partial charge in [-0.15, -0.1) is 0 Å². The van der Waals surface area contributed by atoms with Crippen molar-refractivity contribution in [2.75, 3.05) is 13.1 Å². The molecule has 1 N–H and O–H groups in total. The fourth-order valence-corrected chi connectivity index (χ4v) is 4.24. The van der Waals surface area contributed by atoms with Gasteiger partial charge in [0.2, 0.25) is 0 Å². The number of rotatable bonds is 1. The van der Waals surface area contributed by atoms with Crippen LogP contribution in [0, 0.1) is 0 Å². The van der Waals surface area contributed by atoms with Crippen molar-refractivity contribution < 1.29 is 4.74 Å². The van der Waals surface area contributed by atoms with Gasteiger partial charge in [0.1, 0.15) is 11.4 Å². The maximum absolute atomic E-state index is 6.47. The first-order valence-electron chi connectivity index (χ1n) is 9.17. The van der Waals surface area contributed by atoms with E-state index in [0.29, 0.717) is 0 Å². The first-order chi connectivity index (χ1) is 12.2. The molecule has 0 radical (unpaired) electrons. The molecule has 128 valence electrons. The van der Waals surface area contributed by atoms with Crippen molar-refractivity contribution in [3.8, 4) is 16.9 Å². The third-order valence-electron chi connectivity index (χ3n) is 5.81. The molecule has 3 heterocycles. The van der Waals surface area contributed by atoms with Crippen LogP contribution in [0.5, 0.6) is 5.75 Å². The average molecular weight is 333 g/mol. The van der Waals surface area contributed by atoms with E-state index in [2.05, 4.69) is 51.3 Å². The van der Waals surface area contributed by atoms with Gasteiger partial charge in [-0.05, 0) is 79.7 Å². The number of hydrogen-bond acceptors (Lipinski definition) is 3. The van der Waals surface area contributed by atoms with E-state index in [4.69, 9.17) is 4.74 Å².